The van der Waals surface area contributed by atoms with E-state index in [0.717, 1.165) is 6.42 Å². The fraction of sp³-hybridized carbons (Fsp3) is 0.408. The molecule has 8 aromatic rings. The maximum Gasteiger partial charge on any atom is 0.264 e. The molecule has 5 aliphatic rings. The van der Waals surface area contributed by atoms with Crippen LogP contribution in [0, 0.1) is 6.92 Å². The van der Waals surface area contributed by atoms with Crippen LogP contribution in [0.1, 0.15) is 187 Å². The Bertz CT molecular complexity index is 3750. The maximum absolute atomic E-state index is 2.77. The van der Waals surface area contributed by atoms with Gasteiger partial charge in [-0.25, -0.2) is 0 Å². The Morgan fingerprint density at radius 1 is 0.453 bits per heavy atom. The van der Waals surface area contributed by atoms with Crippen molar-refractivity contribution in [2.24, 2.45) is 0 Å². The van der Waals surface area contributed by atoms with E-state index in [-0.39, 0.29) is 44.6 Å². The molecular weight excluding hydrogens is 924 g/mol. The van der Waals surface area contributed by atoms with Crippen molar-refractivity contribution in [3.63, 3.8) is 0 Å². The van der Waals surface area contributed by atoms with Gasteiger partial charge in [-0.15, -0.1) is 11.3 Å². The Kier molecular flexibility index (Phi) is 10.3. The molecule has 0 radical (unpaired) electrons. The number of benzene rings is 7. The molecule has 7 aromatic carbocycles. The lowest BCUT2D eigenvalue weighted by Gasteiger charge is -2.46. The summed E-state index contributed by atoms with van der Waals surface area (Å²) >= 11 is 2.08. The first-order valence-corrected chi connectivity index (χ1v) is 29.3. The Labute approximate surface area is 454 Å². The molecule has 0 saturated heterocycles. The lowest BCUT2D eigenvalue weighted by molar-refractivity contribution is 0.332. The van der Waals surface area contributed by atoms with Crippen molar-refractivity contribution >= 4 is 88.7 Å². The highest BCUT2D eigenvalue weighted by Gasteiger charge is 2.49. The fourth-order valence-electron chi connectivity index (χ4n) is 14.9. The van der Waals surface area contributed by atoms with Crippen molar-refractivity contribution in [2.75, 3.05) is 9.80 Å². The fourth-order valence-corrected chi connectivity index (χ4v) is 16.2. The summed E-state index contributed by atoms with van der Waals surface area (Å²) in [4.78, 5) is 5.51. The number of thiophene rings is 1. The molecular formula is C71H79BN2S. The van der Waals surface area contributed by atoms with Crippen molar-refractivity contribution < 1.29 is 0 Å². The van der Waals surface area contributed by atoms with Gasteiger partial charge >= 0.3 is 0 Å². The SMILES string of the molecule is Cc1cc2c3c(c1)N(c1ccc4c(c1)C(C)(C)CCC4(C)C)c1c(sc4cc5c(cc14)C(C)(C)CCC5(C)C)B3c1cc(C(C)(C)C)ccc1N2c1cc2c(cc1-c1cccc3ccccc13)C(C)(C)CCC2(C)C. The van der Waals surface area contributed by atoms with Crippen LogP contribution in [0.5, 0.6) is 0 Å². The van der Waals surface area contributed by atoms with Crippen LogP contribution in [-0.2, 0) is 37.9 Å². The summed E-state index contributed by atoms with van der Waals surface area (Å²) in [5.74, 6) is 0. The predicted octanol–water partition coefficient (Wildman–Crippen LogP) is 18.5. The molecule has 0 atom stereocenters. The second kappa shape index (κ2) is 15.8. The van der Waals surface area contributed by atoms with Gasteiger partial charge in [-0.3, -0.25) is 0 Å². The van der Waals surface area contributed by atoms with Crippen LogP contribution in [0.25, 0.3) is 32.0 Å². The molecule has 3 aliphatic carbocycles. The number of hydrogen-bond acceptors (Lipinski definition) is 3. The van der Waals surface area contributed by atoms with Crippen molar-refractivity contribution in [2.45, 2.75) is 187 Å². The molecule has 0 bridgehead atoms. The van der Waals surface area contributed by atoms with E-state index in [0.29, 0.717) is 0 Å². The molecule has 0 unspecified atom stereocenters. The van der Waals surface area contributed by atoms with Crippen LogP contribution in [0.2, 0.25) is 0 Å². The number of hydrogen-bond donors (Lipinski definition) is 0. The van der Waals surface area contributed by atoms with Crippen LogP contribution in [-0.4, -0.2) is 6.71 Å². The minimum Gasteiger partial charge on any atom is -0.311 e. The average molecular weight is 1000 g/mol. The van der Waals surface area contributed by atoms with Crippen LogP contribution in [0.3, 0.4) is 0 Å². The van der Waals surface area contributed by atoms with Gasteiger partial charge in [-0.1, -0.05) is 165 Å². The maximum atomic E-state index is 2.77. The minimum absolute atomic E-state index is 0.0139. The summed E-state index contributed by atoms with van der Waals surface area (Å²) in [6, 6.07) is 47.0. The van der Waals surface area contributed by atoms with E-state index in [1.807, 2.05) is 0 Å². The molecule has 13 rings (SSSR count). The third kappa shape index (κ3) is 7.22. The quantitative estimate of drug-likeness (QED) is 0.163. The zero-order valence-corrected chi connectivity index (χ0v) is 48.9. The lowest BCUT2D eigenvalue weighted by Crippen LogP contribution is -2.60. The van der Waals surface area contributed by atoms with Gasteiger partial charge in [0.15, 0.2) is 0 Å². The first-order valence-electron chi connectivity index (χ1n) is 28.5. The minimum atomic E-state index is -0.0462. The van der Waals surface area contributed by atoms with Gasteiger partial charge in [-0.2, -0.15) is 0 Å². The van der Waals surface area contributed by atoms with Crippen LogP contribution in [0.15, 0.2) is 115 Å². The number of rotatable bonds is 3. The summed E-state index contributed by atoms with van der Waals surface area (Å²) in [6.45, 7) is 39.4. The van der Waals surface area contributed by atoms with Gasteiger partial charge < -0.3 is 9.80 Å². The van der Waals surface area contributed by atoms with E-state index in [9.17, 15) is 0 Å². The van der Waals surface area contributed by atoms with Crippen LogP contribution < -0.4 is 25.5 Å². The third-order valence-corrected chi connectivity index (χ3v) is 21.2. The number of aryl methyl sites for hydroxylation is 1. The van der Waals surface area contributed by atoms with E-state index >= 15 is 0 Å². The molecule has 2 aliphatic heterocycles. The number of nitrogens with zero attached hydrogens (tertiary/aromatic N) is 2. The molecule has 382 valence electrons. The number of anilines is 6. The van der Waals surface area contributed by atoms with Crippen molar-refractivity contribution in [3.8, 4) is 11.1 Å². The monoisotopic (exact) mass is 1000 g/mol. The Morgan fingerprint density at radius 3 is 1.64 bits per heavy atom. The molecule has 0 fully saturated rings. The molecule has 0 N–H and O–H groups in total. The molecule has 0 spiro atoms. The topological polar surface area (TPSA) is 6.48 Å². The smallest absolute Gasteiger partial charge is 0.264 e. The zero-order chi connectivity index (χ0) is 52.9. The second-order valence-electron chi connectivity index (χ2n) is 29.0. The normalized spacial score (nSPS) is 20.0. The van der Waals surface area contributed by atoms with Crippen LogP contribution >= 0.6 is 11.3 Å². The second-order valence-corrected chi connectivity index (χ2v) is 30.1. The highest BCUT2D eigenvalue weighted by molar-refractivity contribution is 7.33. The largest absolute Gasteiger partial charge is 0.311 e. The van der Waals surface area contributed by atoms with Gasteiger partial charge in [0, 0.05) is 43.2 Å². The van der Waals surface area contributed by atoms with E-state index < -0.39 is 0 Å². The third-order valence-electron chi connectivity index (χ3n) is 20.0. The molecule has 4 heteroatoms. The van der Waals surface area contributed by atoms with Crippen molar-refractivity contribution in [3.05, 3.63) is 160 Å². The van der Waals surface area contributed by atoms with E-state index in [1.165, 1.54) is 158 Å². The van der Waals surface area contributed by atoms with Crippen LogP contribution in [0.4, 0.5) is 34.1 Å². The Hall–Kier alpha value is -5.58. The zero-order valence-electron chi connectivity index (χ0n) is 48.1. The summed E-state index contributed by atoms with van der Waals surface area (Å²) in [7, 11) is 0. The lowest BCUT2D eigenvalue weighted by atomic mass is 9.36. The predicted molar refractivity (Wildman–Crippen MR) is 328 cm³/mol. The molecule has 3 heterocycles. The first kappa shape index (κ1) is 49.0. The van der Waals surface area contributed by atoms with Gasteiger partial charge in [0.25, 0.3) is 6.71 Å². The van der Waals surface area contributed by atoms with Gasteiger partial charge in [0.2, 0.25) is 0 Å². The number of fused-ring (bicyclic) bond motifs is 10. The highest BCUT2D eigenvalue weighted by Crippen LogP contribution is 2.57. The molecule has 2 nitrogen and oxygen atoms in total. The van der Waals surface area contributed by atoms with Gasteiger partial charge in [0.1, 0.15) is 0 Å². The van der Waals surface area contributed by atoms with Gasteiger partial charge in [-0.05, 0) is 210 Å². The standard InChI is InChI=1S/C71H79BN2S/c1-42-34-59-62-60(35-42)74(58-40-54-52(68(9,10)30-32-70(54,13)14)38-48(58)47-23-19-21-43-20-17-18-22-46(43)47)57-27-24-44(65(2,3)4)36-56(57)72(62)64-63(49-39-53-55(41-61(49)75-64)71(15,16)33-31-69(53,11)12)73(59)45-25-26-50-51(37-45)67(7,8)29-28-66(50,5)6/h17-27,34-41H,28-33H2,1-16H3. The van der Waals surface area contributed by atoms with Crippen molar-refractivity contribution in [1.82, 2.24) is 0 Å². The molecule has 75 heavy (non-hydrogen) atoms. The first-order chi connectivity index (χ1) is 35.2. The highest BCUT2D eigenvalue weighted by atomic mass is 32.1. The van der Waals surface area contributed by atoms with E-state index in [4.69, 9.17) is 0 Å². The molecule has 0 amide bonds. The summed E-state index contributed by atoms with van der Waals surface area (Å²) in [5, 5.41) is 3.98. The molecule has 1 aromatic heterocycles. The molecule has 0 saturated carbocycles. The average Bonchev–Trinajstić information content (AvgIpc) is 3.73. The van der Waals surface area contributed by atoms with Gasteiger partial charge in [0.05, 0.1) is 11.4 Å². The summed E-state index contributed by atoms with van der Waals surface area (Å²) < 4.78 is 2.88. The van der Waals surface area contributed by atoms with E-state index in [1.54, 1.807) is 0 Å². The Morgan fingerprint density at radius 2 is 1.00 bits per heavy atom. The van der Waals surface area contributed by atoms with E-state index in [2.05, 4.69) is 247 Å². The van der Waals surface area contributed by atoms with Crippen molar-refractivity contribution in [1.29, 1.82) is 0 Å². The summed E-state index contributed by atoms with van der Waals surface area (Å²) in [6.07, 6.45) is 7.09. The Balaban J connectivity index is 1.18. The summed E-state index contributed by atoms with van der Waals surface area (Å²) in [5.41, 5.74) is 25.3.